The van der Waals surface area contributed by atoms with Crippen LogP contribution in [0.25, 0.3) is 0 Å². The fourth-order valence-electron chi connectivity index (χ4n) is 3.93. The van der Waals surface area contributed by atoms with Gasteiger partial charge in [0.15, 0.2) is 0 Å². The van der Waals surface area contributed by atoms with E-state index in [0.717, 1.165) is 28.7 Å². The standard InChI is InChI=1S/C29H32Cl2N2O2/c1-4-21(3)32-29(35)27(17-22-10-6-5-7-11-22)33(19-24-13-14-25(30)26(31)16-24)28(34)18-23-12-8-9-20(2)15-23/h5-16,21,27H,4,17-19H2,1-3H3,(H,32,35)/t21-,27+/m0/s1. The van der Waals surface area contributed by atoms with Crippen molar-refractivity contribution in [2.24, 2.45) is 0 Å². The van der Waals surface area contributed by atoms with Crippen LogP contribution in [0.1, 0.15) is 42.5 Å². The molecule has 0 radical (unpaired) electrons. The number of hydrogen-bond donors (Lipinski definition) is 1. The normalized spacial score (nSPS) is 12.6. The number of nitrogens with one attached hydrogen (secondary N) is 1. The van der Waals surface area contributed by atoms with Gasteiger partial charge in [-0.3, -0.25) is 9.59 Å². The number of halogens is 2. The lowest BCUT2D eigenvalue weighted by Gasteiger charge is -2.32. The Hall–Kier alpha value is -2.82. The molecule has 0 aliphatic rings. The molecule has 0 aliphatic carbocycles. The minimum Gasteiger partial charge on any atom is -0.352 e. The monoisotopic (exact) mass is 510 g/mol. The minimum absolute atomic E-state index is 0.000486. The Morgan fingerprint density at radius 1 is 0.886 bits per heavy atom. The SMILES string of the molecule is CC[C@H](C)NC(=O)[C@@H](Cc1ccccc1)N(Cc1ccc(Cl)c(Cl)c1)C(=O)Cc1cccc(C)c1. The molecule has 0 aliphatic heterocycles. The molecule has 0 bridgehead atoms. The van der Waals surface area contributed by atoms with Crippen molar-refractivity contribution in [3.05, 3.63) is 105 Å². The molecule has 3 aromatic rings. The quantitative estimate of drug-likeness (QED) is 0.343. The van der Waals surface area contributed by atoms with Gasteiger partial charge in [-0.15, -0.1) is 0 Å². The first kappa shape index (κ1) is 26.8. The van der Waals surface area contributed by atoms with Crippen LogP contribution in [0, 0.1) is 6.92 Å². The van der Waals surface area contributed by atoms with Crippen LogP contribution in [0.2, 0.25) is 10.0 Å². The topological polar surface area (TPSA) is 49.4 Å². The molecule has 2 atom stereocenters. The molecule has 3 aromatic carbocycles. The van der Waals surface area contributed by atoms with E-state index in [1.165, 1.54) is 0 Å². The van der Waals surface area contributed by atoms with Crippen molar-refractivity contribution in [3.63, 3.8) is 0 Å². The number of aryl methyl sites for hydroxylation is 1. The molecule has 0 heterocycles. The van der Waals surface area contributed by atoms with Crippen LogP contribution in [-0.4, -0.2) is 28.8 Å². The second kappa shape index (κ2) is 12.8. The Morgan fingerprint density at radius 2 is 1.60 bits per heavy atom. The predicted molar refractivity (Wildman–Crippen MR) is 144 cm³/mol. The molecule has 6 heteroatoms. The Balaban J connectivity index is 1.99. The maximum Gasteiger partial charge on any atom is 0.243 e. The molecule has 35 heavy (non-hydrogen) atoms. The molecule has 0 saturated heterocycles. The van der Waals surface area contributed by atoms with E-state index >= 15 is 0 Å². The highest BCUT2D eigenvalue weighted by molar-refractivity contribution is 6.42. The van der Waals surface area contributed by atoms with Gasteiger partial charge in [-0.1, -0.05) is 96.4 Å². The van der Waals surface area contributed by atoms with Crippen molar-refractivity contribution in [2.45, 2.75) is 58.7 Å². The van der Waals surface area contributed by atoms with E-state index in [1.54, 1.807) is 17.0 Å². The summed E-state index contributed by atoms with van der Waals surface area (Å²) in [6.45, 7) is 6.23. The van der Waals surface area contributed by atoms with Gasteiger partial charge in [-0.05, 0) is 49.1 Å². The number of benzene rings is 3. The van der Waals surface area contributed by atoms with E-state index in [-0.39, 0.29) is 30.8 Å². The first-order chi connectivity index (χ1) is 16.8. The first-order valence-electron chi connectivity index (χ1n) is 11.9. The third-order valence-electron chi connectivity index (χ3n) is 6.05. The van der Waals surface area contributed by atoms with Gasteiger partial charge in [-0.2, -0.15) is 0 Å². The van der Waals surface area contributed by atoms with E-state index < -0.39 is 6.04 Å². The van der Waals surface area contributed by atoms with Crippen molar-refractivity contribution in [1.82, 2.24) is 10.2 Å². The number of hydrogen-bond acceptors (Lipinski definition) is 2. The number of carbonyl (C=O) groups is 2. The van der Waals surface area contributed by atoms with E-state index in [1.807, 2.05) is 81.4 Å². The summed E-state index contributed by atoms with van der Waals surface area (Å²) < 4.78 is 0. The molecule has 2 amide bonds. The van der Waals surface area contributed by atoms with Crippen LogP contribution in [0.3, 0.4) is 0 Å². The molecule has 0 spiro atoms. The molecule has 3 rings (SSSR count). The van der Waals surface area contributed by atoms with E-state index in [9.17, 15) is 9.59 Å². The van der Waals surface area contributed by atoms with Gasteiger partial charge in [0.05, 0.1) is 16.5 Å². The molecular formula is C29H32Cl2N2O2. The van der Waals surface area contributed by atoms with Crippen LogP contribution >= 0.6 is 23.2 Å². The van der Waals surface area contributed by atoms with Crippen molar-refractivity contribution >= 4 is 35.0 Å². The lowest BCUT2D eigenvalue weighted by molar-refractivity contribution is -0.141. The number of nitrogens with zero attached hydrogens (tertiary/aromatic N) is 1. The molecule has 4 nitrogen and oxygen atoms in total. The van der Waals surface area contributed by atoms with Gasteiger partial charge in [0.2, 0.25) is 11.8 Å². The maximum atomic E-state index is 13.8. The summed E-state index contributed by atoms with van der Waals surface area (Å²) in [5, 5.41) is 3.95. The lowest BCUT2D eigenvalue weighted by atomic mass is 10.0. The van der Waals surface area contributed by atoms with Gasteiger partial charge >= 0.3 is 0 Å². The van der Waals surface area contributed by atoms with Crippen LogP contribution in [-0.2, 0) is 29.0 Å². The summed E-state index contributed by atoms with van der Waals surface area (Å²) in [7, 11) is 0. The summed E-state index contributed by atoms with van der Waals surface area (Å²) in [6.07, 6.45) is 1.41. The van der Waals surface area contributed by atoms with Gasteiger partial charge in [0.1, 0.15) is 6.04 Å². The second-order valence-electron chi connectivity index (χ2n) is 8.96. The van der Waals surface area contributed by atoms with Crippen LogP contribution in [0.15, 0.2) is 72.8 Å². The number of rotatable bonds is 10. The summed E-state index contributed by atoms with van der Waals surface area (Å²) in [4.78, 5) is 29.0. The second-order valence-corrected chi connectivity index (χ2v) is 9.77. The minimum atomic E-state index is -0.682. The summed E-state index contributed by atoms with van der Waals surface area (Å²) in [5.74, 6) is -0.289. The summed E-state index contributed by atoms with van der Waals surface area (Å²) >= 11 is 12.4. The highest BCUT2D eigenvalue weighted by Crippen LogP contribution is 2.25. The number of carbonyl (C=O) groups excluding carboxylic acids is 2. The third kappa shape index (κ3) is 7.84. The van der Waals surface area contributed by atoms with Crippen LogP contribution in [0.4, 0.5) is 0 Å². The van der Waals surface area contributed by atoms with Crippen molar-refractivity contribution in [3.8, 4) is 0 Å². The van der Waals surface area contributed by atoms with Gasteiger partial charge < -0.3 is 10.2 Å². The molecule has 0 aromatic heterocycles. The van der Waals surface area contributed by atoms with Crippen molar-refractivity contribution < 1.29 is 9.59 Å². The van der Waals surface area contributed by atoms with Crippen LogP contribution in [0.5, 0.6) is 0 Å². The Kier molecular flexibility index (Phi) is 9.76. The largest absolute Gasteiger partial charge is 0.352 e. The molecule has 0 unspecified atom stereocenters. The molecule has 184 valence electrons. The molecule has 1 N–H and O–H groups in total. The number of amides is 2. The van der Waals surface area contributed by atoms with Crippen molar-refractivity contribution in [2.75, 3.05) is 0 Å². The van der Waals surface area contributed by atoms with E-state index in [2.05, 4.69) is 5.32 Å². The van der Waals surface area contributed by atoms with Crippen molar-refractivity contribution in [1.29, 1.82) is 0 Å². The average Bonchev–Trinajstić information content (AvgIpc) is 2.84. The summed E-state index contributed by atoms with van der Waals surface area (Å²) in [6, 6.07) is 22.3. The maximum absolute atomic E-state index is 13.8. The molecule has 0 fully saturated rings. The van der Waals surface area contributed by atoms with Gasteiger partial charge in [0.25, 0.3) is 0 Å². The third-order valence-corrected chi connectivity index (χ3v) is 6.79. The first-order valence-corrected chi connectivity index (χ1v) is 12.7. The average molecular weight is 511 g/mol. The highest BCUT2D eigenvalue weighted by atomic mass is 35.5. The Labute approximate surface area is 218 Å². The van der Waals surface area contributed by atoms with Gasteiger partial charge in [0, 0.05) is 19.0 Å². The Bertz CT molecular complexity index is 1150. The fourth-order valence-corrected chi connectivity index (χ4v) is 4.25. The zero-order chi connectivity index (χ0) is 25.4. The Morgan fingerprint density at radius 3 is 2.26 bits per heavy atom. The fraction of sp³-hybridized carbons (Fsp3) is 0.310. The zero-order valence-electron chi connectivity index (χ0n) is 20.4. The van der Waals surface area contributed by atoms with E-state index in [4.69, 9.17) is 23.2 Å². The molecule has 0 saturated carbocycles. The smallest absolute Gasteiger partial charge is 0.243 e. The van der Waals surface area contributed by atoms with E-state index in [0.29, 0.717) is 16.5 Å². The highest BCUT2D eigenvalue weighted by Gasteiger charge is 2.31. The lowest BCUT2D eigenvalue weighted by Crippen LogP contribution is -2.52. The predicted octanol–water partition coefficient (Wildman–Crippen LogP) is 6.40. The van der Waals surface area contributed by atoms with Crippen LogP contribution < -0.4 is 5.32 Å². The zero-order valence-corrected chi connectivity index (χ0v) is 21.9. The molecular weight excluding hydrogens is 479 g/mol. The van der Waals surface area contributed by atoms with Gasteiger partial charge in [-0.25, -0.2) is 0 Å². The summed E-state index contributed by atoms with van der Waals surface area (Å²) in [5.41, 5.74) is 3.79.